The molecule has 0 spiro atoms. The van der Waals surface area contributed by atoms with Gasteiger partial charge in [0, 0.05) is 28.1 Å². The van der Waals surface area contributed by atoms with E-state index in [1.54, 1.807) is 0 Å². The lowest BCUT2D eigenvalue weighted by Gasteiger charge is -2.23. The molecule has 2 aliphatic carbocycles. The third-order valence-corrected chi connectivity index (χ3v) is 9.46. The molecule has 0 aliphatic heterocycles. The highest BCUT2D eigenvalue weighted by Crippen LogP contribution is 2.33. The summed E-state index contributed by atoms with van der Waals surface area (Å²) >= 11 is 2.66. The molecule has 2 saturated carbocycles. The normalized spacial score (nSPS) is 28.8. The topological polar surface area (TPSA) is 34.1 Å². The standard InChI is InChI=1S/C30H53IO2/c1-30(31)24-16-11-7-10-14-20-27(21-15-17-25-30)29(33)23-22-28(32)26-18-12-8-5-3-2-4-6-9-13-19-26/h26-27H,2-25H2,1H3. The number of halogens is 1. The van der Waals surface area contributed by atoms with Crippen LogP contribution in [-0.2, 0) is 9.59 Å². The quantitative estimate of drug-likeness (QED) is 0.243. The summed E-state index contributed by atoms with van der Waals surface area (Å²) in [4.78, 5) is 26.2. The first-order valence-electron chi connectivity index (χ1n) is 14.7. The van der Waals surface area contributed by atoms with Gasteiger partial charge in [0.15, 0.2) is 0 Å². The van der Waals surface area contributed by atoms with E-state index in [4.69, 9.17) is 0 Å². The predicted molar refractivity (Wildman–Crippen MR) is 150 cm³/mol. The van der Waals surface area contributed by atoms with Crippen molar-refractivity contribution in [2.75, 3.05) is 0 Å². The molecule has 33 heavy (non-hydrogen) atoms. The Labute approximate surface area is 219 Å². The third kappa shape index (κ3) is 13.7. The summed E-state index contributed by atoms with van der Waals surface area (Å²) in [5.74, 6) is 1.21. The highest BCUT2D eigenvalue weighted by Gasteiger charge is 2.24. The van der Waals surface area contributed by atoms with Crippen molar-refractivity contribution in [3.05, 3.63) is 0 Å². The summed E-state index contributed by atoms with van der Waals surface area (Å²) in [5.41, 5.74) is 0. The van der Waals surface area contributed by atoms with Crippen molar-refractivity contribution in [1.29, 1.82) is 0 Å². The summed E-state index contributed by atoms with van der Waals surface area (Å²) in [6, 6.07) is 0. The molecule has 2 aliphatic rings. The van der Waals surface area contributed by atoms with Crippen molar-refractivity contribution in [2.45, 2.75) is 164 Å². The van der Waals surface area contributed by atoms with Crippen molar-refractivity contribution in [2.24, 2.45) is 11.8 Å². The van der Waals surface area contributed by atoms with Gasteiger partial charge in [0.25, 0.3) is 0 Å². The average molecular weight is 573 g/mol. The van der Waals surface area contributed by atoms with Crippen molar-refractivity contribution < 1.29 is 9.59 Å². The molecule has 2 rings (SSSR count). The van der Waals surface area contributed by atoms with Crippen LogP contribution in [0, 0.1) is 11.8 Å². The lowest BCUT2D eigenvalue weighted by atomic mass is 9.85. The Balaban J connectivity index is 1.81. The van der Waals surface area contributed by atoms with Crippen LogP contribution >= 0.6 is 22.6 Å². The minimum Gasteiger partial charge on any atom is -0.299 e. The average Bonchev–Trinajstić information content (AvgIpc) is 2.79. The largest absolute Gasteiger partial charge is 0.299 e. The predicted octanol–water partition coefficient (Wildman–Crippen LogP) is 9.94. The zero-order valence-electron chi connectivity index (χ0n) is 21.8. The Morgan fingerprint density at radius 2 is 0.818 bits per heavy atom. The minimum absolute atomic E-state index is 0.204. The van der Waals surface area contributed by atoms with Crippen molar-refractivity contribution in [3.63, 3.8) is 0 Å². The number of carbonyl (C=O) groups excluding carboxylic acids is 2. The fourth-order valence-corrected chi connectivity index (χ4v) is 6.79. The third-order valence-electron chi connectivity index (χ3n) is 8.38. The second kappa shape index (κ2) is 17.5. The molecule has 0 bridgehead atoms. The number of alkyl halides is 1. The first-order valence-corrected chi connectivity index (χ1v) is 15.8. The fraction of sp³-hybridized carbons (Fsp3) is 0.933. The summed E-state index contributed by atoms with van der Waals surface area (Å²) in [5, 5.41) is 0. The van der Waals surface area contributed by atoms with Gasteiger partial charge in [0.2, 0.25) is 0 Å². The molecule has 0 aromatic carbocycles. The molecule has 192 valence electrons. The van der Waals surface area contributed by atoms with Crippen LogP contribution in [0.1, 0.15) is 161 Å². The van der Waals surface area contributed by atoms with E-state index in [0.29, 0.717) is 27.8 Å². The Morgan fingerprint density at radius 3 is 1.21 bits per heavy atom. The zero-order valence-corrected chi connectivity index (χ0v) is 24.0. The van der Waals surface area contributed by atoms with Crippen LogP contribution in [0.3, 0.4) is 0 Å². The van der Waals surface area contributed by atoms with Gasteiger partial charge in [-0.05, 0) is 38.5 Å². The van der Waals surface area contributed by atoms with E-state index < -0.39 is 0 Å². The smallest absolute Gasteiger partial charge is 0.136 e. The molecular weight excluding hydrogens is 519 g/mol. The van der Waals surface area contributed by atoms with Crippen LogP contribution in [0.2, 0.25) is 0 Å². The van der Waals surface area contributed by atoms with Crippen LogP contribution in [0.25, 0.3) is 0 Å². The van der Waals surface area contributed by atoms with Crippen LogP contribution in [0.4, 0.5) is 0 Å². The van der Waals surface area contributed by atoms with Crippen LogP contribution in [0.15, 0.2) is 0 Å². The Bertz CT molecular complexity index is 529. The van der Waals surface area contributed by atoms with E-state index >= 15 is 0 Å². The Hall–Kier alpha value is 0.0700. The molecule has 2 atom stereocenters. The molecule has 2 nitrogen and oxygen atoms in total. The van der Waals surface area contributed by atoms with Crippen LogP contribution in [0.5, 0.6) is 0 Å². The number of hydrogen-bond acceptors (Lipinski definition) is 2. The summed E-state index contributed by atoms with van der Waals surface area (Å²) in [7, 11) is 0. The van der Waals surface area contributed by atoms with Crippen molar-refractivity contribution in [3.8, 4) is 0 Å². The summed E-state index contributed by atoms with van der Waals surface area (Å²) in [6.07, 6.45) is 28.4. The highest BCUT2D eigenvalue weighted by atomic mass is 127. The SMILES string of the molecule is CC1(I)CCCCCCCC(C(=O)CCC(=O)C2CCCCCCCCCCC2)CCCC1. The van der Waals surface area contributed by atoms with E-state index in [9.17, 15) is 9.59 Å². The molecule has 3 heteroatoms. The molecule has 0 aromatic heterocycles. The van der Waals surface area contributed by atoms with Gasteiger partial charge in [-0.3, -0.25) is 9.59 Å². The Morgan fingerprint density at radius 1 is 0.545 bits per heavy atom. The van der Waals surface area contributed by atoms with Gasteiger partial charge >= 0.3 is 0 Å². The maximum absolute atomic E-state index is 13.2. The Kier molecular flexibility index (Phi) is 15.5. The molecule has 0 amide bonds. The molecule has 0 saturated heterocycles. The van der Waals surface area contributed by atoms with Gasteiger partial charge in [-0.15, -0.1) is 0 Å². The van der Waals surface area contributed by atoms with Crippen LogP contribution in [-0.4, -0.2) is 15.0 Å². The lowest BCUT2D eigenvalue weighted by molar-refractivity contribution is -0.128. The highest BCUT2D eigenvalue weighted by molar-refractivity contribution is 14.1. The first-order chi connectivity index (χ1) is 16.0. The summed E-state index contributed by atoms with van der Waals surface area (Å²) in [6.45, 7) is 2.41. The maximum Gasteiger partial charge on any atom is 0.136 e. The second-order valence-corrected chi connectivity index (χ2v) is 14.2. The molecular formula is C30H53IO2. The van der Waals surface area contributed by atoms with E-state index in [1.165, 1.54) is 116 Å². The van der Waals surface area contributed by atoms with E-state index in [0.717, 1.165) is 25.7 Å². The van der Waals surface area contributed by atoms with E-state index in [-0.39, 0.29) is 11.8 Å². The zero-order chi connectivity index (χ0) is 23.8. The minimum atomic E-state index is 0.204. The second-order valence-electron chi connectivity index (χ2n) is 11.6. The number of rotatable bonds is 5. The molecule has 2 fully saturated rings. The van der Waals surface area contributed by atoms with Gasteiger partial charge in [-0.25, -0.2) is 0 Å². The number of hydrogen-bond donors (Lipinski definition) is 0. The van der Waals surface area contributed by atoms with Gasteiger partial charge < -0.3 is 0 Å². The summed E-state index contributed by atoms with van der Waals surface area (Å²) < 4.78 is 0.422. The molecule has 2 unspecified atom stereocenters. The first kappa shape index (κ1) is 29.3. The van der Waals surface area contributed by atoms with Gasteiger partial charge in [-0.1, -0.05) is 132 Å². The van der Waals surface area contributed by atoms with Gasteiger partial charge in [-0.2, -0.15) is 0 Å². The number of ketones is 2. The fourth-order valence-electron chi connectivity index (χ4n) is 6.03. The monoisotopic (exact) mass is 572 g/mol. The lowest BCUT2D eigenvalue weighted by Crippen LogP contribution is -2.20. The van der Waals surface area contributed by atoms with Gasteiger partial charge in [0.05, 0.1) is 0 Å². The van der Waals surface area contributed by atoms with Gasteiger partial charge in [0.1, 0.15) is 11.6 Å². The molecule has 0 N–H and O–H groups in total. The number of carbonyl (C=O) groups is 2. The molecule has 0 radical (unpaired) electrons. The number of Topliss-reactive ketones (excluding diaryl/α,β-unsaturated/α-hetero) is 2. The van der Waals surface area contributed by atoms with E-state index in [1.807, 2.05) is 0 Å². The van der Waals surface area contributed by atoms with Crippen molar-refractivity contribution in [1.82, 2.24) is 0 Å². The van der Waals surface area contributed by atoms with Crippen LogP contribution < -0.4 is 0 Å². The van der Waals surface area contributed by atoms with E-state index in [2.05, 4.69) is 29.5 Å². The maximum atomic E-state index is 13.2. The van der Waals surface area contributed by atoms with Crippen molar-refractivity contribution >= 4 is 34.2 Å². The molecule has 0 aromatic rings. The molecule has 0 heterocycles.